The number of aryl methyl sites for hydroxylation is 2. The van der Waals surface area contributed by atoms with E-state index in [1.165, 1.54) is 9.13 Å². The van der Waals surface area contributed by atoms with Crippen molar-refractivity contribution in [2.75, 3.05) is 11.4 Å². The van der Waals surface area contributed by atoms with Gasteiger partial charge in [-0.15, -0.1) is 0 Å². The second kappa shape index (κ2) is 7.67. The first-order valence-corrected chi connectivity index (χ1v) is 11.0. The summed E-state index contributed by atoms with van der Waals surface area (Å²) in [5, 5.41) is 0.611. The number of aromatic nitrogens is 4. The lowest BCUT2D eigenvalue weighted by atomic mass is 10.1. The fourth-order valence-corrected chi connectivity index (χ4v) is 4.56. The van der Waals surface area contributed by atoms with Crippen LogP contribution in [-0.4, -0.2) is 25.2 Å². The second-order valence-electron chi connectivity index (χ2n) is 8.61. The van der Waals surface area contributed by atoms with E-state index in [1.54, 1.807) is 19.2 Å². The minimum Gasteiger partial charge on any atom is -0.312 e. The minimum atomic E-state index is -0.386. The molecule has 0 saturated heterocycles. The van der Waals surface area contributed by atoms with E-state index in [2.05, 4.69) is 30.9 Å². The number of fused-ring (bicyclic) bond motifs is 3. The predicted molar refractivity (Wildman–Crippen MR) is 127 cm³/mol. The smallest absolute Gasteiger partial charge is 0.312 e. The normalized spacial score (nSPS) is 15.9. The quantitative estimate of drug-likeness (QED) is 0.478. The third kappa shape index (κ3) is 3.33. The topological polar surface area (TPSA) is 65.1 Å². The summed E-state index contributed by atoms with van der Waals surface area (Å²) >= 11 is 5.98. The van der Waals surface area contributed by atoms with Gasteiger partial charge in [-0.25, -0.2) is 4.79 Å². The van der Waals surface area contributed by atoms with E-state index in [0.717, 1.165) is 23.4 Å². The van der Waals surface area contributed by atoms with Crippen LogP contribution >= 0.6 is 11.6 Å². The highest BCUT2D eigenvalue weighted by atomic mass is 35.5. The molecule has 3 heterocycles. The first-order chi connectivity index (χ1) is 15.3. The van der Waals surface area contributed by atoms with E-state index in [0.29, 0.717) is 34.6 Å². The van der Waals surface area contributed by atoms with Crippen molar-refractivity contribution in [2.24, 2.45) is 13.0 Å². The second-order valence-corrected chi connectivity index (χ2v) is 9.05. The van der Waals surface area contributed by atoms with Gasteiger partial charge in [0.2, 0.25) is 5.95 Å². The van der Waals surface area contributed by atoms with Crippen LogP contribution in [0.15, 0.2) is 58.1 Å². The number of nitrogens with zero attached hydrogens (tertiary/aromatic N) is 5. The highest BCUT2D eigenvalue weighted by Crippen LogP contribution is 2.33. The van der Waals surface area contributed by atoms with Gasteiger partial charge in [-0.1, -0.05) is 42.8 Å². The fourth-order valence-electron chi connectivity index (χ4n) is 4.43. The molecule has 1 aliphatic heterocycles. The molecule has 0 spiro atoms. The number of benzene rings is 2. The van der Waals surface area contributed by atoms with E-state index in [1.807, 2.05) is 28.8 Å². The van der Waals surface area contributed by atoms with Crippen molar-refractivity contribution in [2.45, 2.75) is 26.9 Å². The molecule has 32 heavy (non-hydrogen) atoms. The first kappa shape index (κ1) is 20.6. The van der Waals surface area contributed by atoms with Crippen molar-refractivity contribution in [3.63, 3.8) is 0 Å². The zero-order chi connectivity index (χ0) is 22.6. The molecule has 0 radical (unpaired) electrons. The van der Waals surface area contributed by atoms with Crippen molar-refractivity contribution in [1.29, 1.82) is 0 Å². The molecule has 0 bridgehead atoms. The maximum absolute atomic E-state index is 13.6. The van der Waals surface area contributed by atoms with E-state index >= 15 is 0 Å². The molecule has 8 heteroatoms. The molecule has 2 aromatic heterocycles. The lowest BCUT2D eigenvalue weighted by molar-refractivity contribution is 0.458. The number of rotatable bonds is 3. The zero-order valence-corrected chi connectivity index (χ0v) is 19.0. The Bertz CT molecular complexity index is 1450. The van der Waals surface area contributed by atoms with Crippen LogP contribution in [-0.2, 0) is 20.1 Å². The standard InChI is InChI=1S/C24H24ClN5O2/c1-15-5-4-6-19(11-15)28-12-16(2)13-29-20-21(26-23(28)29)27(3)24(32)30(22(20)31)14-17-7-9-18(25)10-8-17/h4-11,16H,12-14H2,1-3H3/t16-/m0/s1. The van der Waals surface area contributed by atoms with E-state index < -0.39 is 0 Å². The molecule has 1 atom stereocenters. The molecule has 0 fully saturated rings. The average molecular weight is 450 g/mol. The summed E-state index contributed by atoms with van der Waals surface area (Å²) in [6, 6.07) is 15.4. The van der Waals surface area contributed by atoms with Crippen LogP contribution in [0.1, 0.15) is 18.1 Å². The van der Waals surface area contributed by atoms with Crippen LogP contribution in [0.4, 0.5) is 11.6 Å². The Labute approximate surface area is 190 Å². The predicted octanol–water partition coefficient (Wildman–Crippen LogP) is 3.69. The van der Waals surface area contributed by atoms with Gasteiger partial charge < -0.3 is 9.47 Å². The highest BCUT2D eigenvalue weighted by Gasteiger charge is 2.29. The molecule has 0 saturated carbocycles. The lowest BCUT2D eigenvalue weighted by Gasteiger charge is -2.33. The van der Waals surface area contributed by atoms with Crippen molar-refractivity contribution >= 4 is 34.4 Å². The molecular formula is C24H24ClN5O2. The molecule has 2 aromatic carbocycles. The molecule has 164 valence electrons. The molecule has 5 rings (SSSR count). The van der Waals surface area contributed by atoms with Crippen LogP contribution in [0.3, 0.4) is 0 Å². The summed E-state index contributed by atoms with van der Waals surface area (Å²) in [6.07, 6.45) is 0. The van der Waals surface area contributed by atoms with Crippen molar-refractivity contribution in [1.82, 2.24) is 18.7 Å². The van der Waals surface area contributed by atoms with Crippen molar-refractivity contribution in [3.8, 4) is 0 Å². The van der Waals surface area contributed by atoms with Crippen LogP contribution in [0.25, 0.3) is 11.2 Å². The average Bonchev–Trinajstić information content (AvgIpc) is 3.15. The van der Waals surface area contributed by atoms with Crippen LogP contribution in [0, 0.1) is 12.8 Å². The lowest BCUT2D eigenvalue weighted by Crippen LogP contribution is -2.40. The molecule has 4 aromatic rings. The number of hydrogen-bond acceptors (Lipinski definition) is 4. The highest BCUT2D eigenvalue weighted by molar-refractivity contribution is 6.30. The molecule has 0 unspecified atom stereocenters. The van der Waals surface area contributed by atoms with Gasteiger partial charge >= 0.3 is 5.69 Å². The monoisotopic (exact) mass is 449 g/mol. The Kier molecular flexibility index (Phi) is 4.93. The van der Waals surface area contributed by atoms with Gasteiger partial charge in [-0.05, 0) is 48.2 Å². The number of hydrogen-bond donors (Lipinski definition) is 0. The van der Waals surface area contributed by atoms with E-state index in [-0.39, 0.29) is 17.8 Å². The van der Waals surface area contributed by atoms with Gasteiger partial charge in [0.15, 0.2) is 11.2 Å². The Hall–Kier alpha value is -3.32. The van der Waals surface area contributed by atoms with Crippen molar-refractivity contribution < 1.29 is 0 Å². The number of halogens is 1. The van der Waals surface area contributed by atoms with E-state index in [4.69, 9.17) is 16.6 Å². The zero-order valence-electron chi connectivity index (χ0n) is 18.2. The maximum Gasteiger partial charge on any atom is 0.332 e. The van der Waals surface area contributed by atoms with Crippen molar-refractivity contribution in [3.05, 3.63) is 85.5 Å². The molecule has 7 nitrogen and oxygen atoms in total. The van der Waals surface area contributed by atoms with Gasteiger partial charge in [0.1, 0.15) is 0 Å². The van der Waals surface area contributed by atoms with Gasteiger partial charge in [-0.2, -0.15) is 4.98 Å². The first-order valence-electron chi connectivity index (χ1n) is 10.6. The number of anilines is 2. The Balaban J connectivity index is 1.72. The van der Waals surface area contributed by atoms with Gasteiger partial charge in [0, 0.05) is 30.8 Å². The van der Waals surface area contributed by atoms with Crippen LogP contribution in [0.5, 0.6) is 0 Å². The van der Waals surface area contributed by atoms with Gasteiger partial charge in [0.25, 0.3) is 5.56 Å². The van der Waals surface area contributed by atoms with E-state index in [9.17, 15) is 9.59 Å². The van der Waals surface area contributed by atoms with Crippen LogP contribution in [0.2, 0.25) is 5.02 Å². The summed E-state index contributed by atoms with van der Waals surface area (Å²) in [7, 11) is 1.67. The third-order valence-electron chi connectivity index (χ3n) is 6.01. The molecule has 0 aliphatic carbocycles. The van der Waals surface area contributed by atoms with Gasteiger partial charge in [0.05, 0.1) is 6.54 Å². The largest absolute Gasteiger partial charge is 0.332 e. The summed E-state index contributed by atoms with van der Waals surface area (Å²) in [5.74, 6) is 1.00. The summed E-state index contributed by atoms with van der Waals surface area (Å²) < 4.78 is 4.71. The summed E-state index contributed by atoms with van der Waals surface area (Å²) in [4.78, 5) is 33.5. The Morgan fingerprint density at radius 1 is 1.09 bits per heavy atom. The maximum atomic E-state index is 13.6. The van der Waals surface area contributed by atoms with Crippen LogP contribution < -0.4 is 16.1 Å². The third-order valence-corrected chi connectivity index (χ3v) is 6.26. The molecular weight excluding hydrogens is 426 g/mol. The Morgan fingerprint density at radius 3 is 2.56 bits per heavy atom. The SMILES string of the molecule is Cc1cccc(N2C[C@H](C)Cn3c2nc2c3c(=O)n(Cc3ccc(Cl)cc3)c(=O)n2C)c1. The molecule has 0 amide bonds. The molecule has 1 aliphatic rings. The summed E-state index contributed by atoms with van der Waals surface area (Å²) in [5.41, 5.74) is 3.18. The fraction of sp³-hybridized carbons (Fsp3) is 0.292. The molecule has 0 N–H and O–H groups in total. The van der Waals surface area contributed by atoms with Gasteiger partial charge in [-0.3, -0.25) is 13.9 Å². The minimum absolute atomic E-state index is 0.177. The number of imidazole rings is 1. The summed E-state index contributed by atoms with van der Waals surface area (Å²) in [6.45, 7) is 5.85. The Morgan fingerprint density at radius 2 is 1.84 bits per heavy atom.